The maximum atomic E-state index is 12.2. The number of hydrogen-bond acceptors (Lipinski definition) is 3. The predicted molar refractivity (Wildman–Crippen MR) is 104 cm³/mol. The molecular weight excluding hydrogens is 338 g/mol. The fourth-order valence-corrected chi connectivity index (χ4v) is 3.94. The number of ether oxygens (including phenoxy) is 2. The van der Waals surface area contributed by atoms with E-state index in [-0.39, 0.29) is 5.97 Å². The molecule has 0 fully saturated rings. The Bertz CT molecular complexity index is 1240. The summed E-state index contributed by atoms with van der Waals surface area (Å²) in [6, 6.07) is 19.9. The minimum Gasteiger partial charge on any atom is -0.462 e. The lowest BCUT2D eigenvalue weighted by molar-refractivity contribution is -0.632. The molecule has 0 radical (unpaired) electrons. The van der Waals surface area contributed by atoms with Crippen molar-refractivity contribution in [2.45, 2.75) is 6.92 Å². The van der Waals surface area contributed by atoms with Crippen LogP contribution in [0.25, 0.3) is 32.9 Å². The monoisotopic (exact) mass is 356 g/mol. The molecule has 4 aromatic rings. The Labute approximate surface area is 156 Å². The van der Waals surface area contributed by atoms with Crippen LogP contribution in [0.15, 0.2) is 60.7 Å². The van der Waals surface area contributed by atoms with Crippen LogP contribution in [0.5, 0.6) is 11.5 Å². The van der Waals surface area contributed by atoms with Crippen molar-refractivity contribution in [1.82, 2.24) is 0 Å². The van der Waals surface area contributed by atoms with Gasteiger partial charge in [0.2, 0.25) is 11.2 Å². The van der Waals surface area contributed by atoms with Crippen LogP contribution >= 0.6 is 0 Å². The standard InChI is InChI=1S/C23H18NO3/c1-3-26-23(25)14-11-12-15-16-8-6-10-20-21(16)22(24(2)18(15)13-14)17-7-4-5-9-19(17)27-20/h4-13H,3H2,1-2H3/q+1. The molecular formula is C23H18NO3+. The van der Waals surface area contributed by atoms with Gasteiger partial charge in [-0.15, -0.1) is 0 Å². The van der Waals surface area contributed by atoms with Gasteiger partial charge < -0.3 is 9.47 Å². The first kappa shape index (κ1) is 15.8. The topological polar surface area (TPSA) is 39.4 Å². The van der Waals surface area contributed by atoms with Gasteiger partial charge in [0, 0.05) is 11.5 Å². The van der Waals surface area contributed by atoms with Crippen LogP contribution in [-0.4, -0.2) is 12.6 Å². The summed E-state index contributed by atoms with van der Waals surface area (Å²) in [4.78, 5) is 12.2. The highest BCUT2D eigenvalue weighted by Gasteiger charge is 2.30. The summed E-state index contributed by atoms with van der Waals surface area (Å²) in [6.07, 6.45) is 0. The highest BCUT2D eigenvalue weighted by Crippen LogP contribution is 2.46. The normalized spacial score (nSPS) is 11.9. The summed E-state index contributed by atoms with van der Waals surface area (Å²) in [6.45, 7) is 2.18. The lowest BCUT2D eigenvalue weighted by atomic mass is 9.95. The molecule has 132 valence electrons. The Hall–Kier alpha value is -3.40. The van der Waals surface area contributed by atoms with Crippen LogP contribution in [0, 0.1) is 0 Å². The molecule has 5 rings (SSSR count). The van der Waals surface area contributed by atoms with E-state index in [4.69, 9.17) is 9.47 Å². The van der Waals surface area contributed by atoms with Crippen molar-refractivity contribution in [3.63, 3.8) is 0 Å². The molecule has 1 aliphatic rings. The molecule has 0 spiro atoms. The van der Waals surface area contributed by atoms with Crippen molar-refractivity contribution in [2.75, 3.05) is 6.61 Å². The van der Waals surface area contributed by atoms with Crippen molar-refractivity contribution >= 4 is 27.6 Å². The second-order valence-electron chi connectivity index (χ2n) is 6.64. The van der Waals surface area contributed by atoms with Gasteiger partial charge in [0.25, 0.3) is 0 Å². The van der Waals surface area contributed by atoms with Gasteiger partial charge in [-0.25, -0.2) is 4.79 Å². The van der Waals surface area contributed by atoms with Crippen molar-refractivity contribution in [3.8, 4) is 22.8 Å². The third-order valence-corrected chi connectivity index (χ3v) is 5.12. The molecule has 1 aromatic heterocycles. The van der Waals surface area contributed by atoms with Crippen LogP contribution < -0.4 is 9.30 Å². The fourth-order valence-electron chi connectivity index (χ4n) is 3.94. The minimum absolute atomic E-state index is 0.300. The smallest absolute Gasteiger partial charge is 0.338 e. The van der Waals surface area contributed by atoms with Crippen molar-refractivity contribution < 1.29 is 18.8 Å². The van der Waals surface area contributed by atoms with E-state index in [1.807, 2.05) is 62.5 Å². The van der Waals surface area contributed by atoms with Crippen molar-refractivity contribution in [2.24, 2.45) is 7.05 Å². The molecule has 0 atom stereocenters. The fraction of sp³-hybridized carbons (Fsp3) is 0.130. The maximum absolute atomic E-state index is 12.2. The number of para-hydroxylation sites is 1. The van der Waals surface area contributed by atoms with Crippen molar-refractivity contribution in [3.05, 3.63) is 66.2 Å². The second-order valence-corrected chi connectivity index (χ2v) is 6.64. The number of esters is 1. The number of aryl methyl sites for hydroxylation is 1. The van der Waals surface area contributed by atoms with Gasteiger partial charge in [-0.3, -0.25) is 0 Å². The second kappa shape index (κ2) is 5.81. The third-order valence-electron chi connectivity index (χ3n) is 5.12. The molecule has 0 bridgehead atoms. The predicted octanol–water partition coefficient (Wildman–Crippen LogP) is 4.77. The molecule has 1 aliphatic heterocycles. The summed E-state index contributed by atoms with van der Waals surface area (Å²) in [7, 11) is 2.03. The molecule has 0 aliphatic carbocycles. The number of carbonyl (C=O) groups excluding carboxylic acids is 1. The molecule has 4 heteroatoms. The van der Waals surface area contributed by atoms with E-state index in [1.165, 1.54) is 0 Å². The Morgan fingerprint density at radius 3 is 2.67 bits per heavy atom. The summed E-state index contributed by atoms with van der Waals surface area (Å²) in [5.41, 5.74) is 3.68. The van der Waals surface area contributed by atoms with Gasteiger partial charge in [-0.1, -0.05) is 24.3 Å². The van der Waals surface area contributed by atoms with Gasteiger partial charge in [-0.05, 0) is 37.3 Å². The Balaban J connectivity index is 1.91. The summed E-state index contributed by atoms with van der Waals surface area (Å²) < 4.78 is 13.5. The average molecular weight is 356 g/mol. The Kier molecular flexibility index (Phi) is 3.41. The Morgan fingerprint density at radius 1 is 1.00 bits per heavy atom. The summed E-state index contributed by atoms with van der Waals surface area (Å²) >= 11 is 0. The number of pyridine rings is 1. The van der Waals surface area contributed by atoms with E-state index in [0.717, 1.165) is 44.4 Å². The van der Waals surface area contributed by atoms with Crippen LogP contribution in [-0.2, 0) is 11.8 Å². The van der Waals surface area contributed by atoms with Crippen LogP contribution in [0.3, 0.4) is 0 Å². The highest BCUT2D eigenvalue weighted by molar-refractivity contribution is 6.13. The third kappa shape index (κ3) is 2.23. The summed E-state index contributed by atoms with van der Waals surface area (Å²) in [5.74, 6) is 1.40. The maximum Gasteiger partial charge on any atom is 0.338 e. The molecule has 27 heavy (non-hydrogen) atoms. The van der Waals surface area contributed by atoms with Gasteiger partial charge in [0.1, 0.15) is 18.5 Å². The molecule has 2 heterocycles. The van der Waals surface area contributed by atoms with Crippen molar-refractivity contribution in [1.29, 1.82) is 0 Å². The zero-order chi connectivity index (χ0) is 18.5. The zero-order valence-corrected chi connectivity index (χ0v) is 15.2. The molecule has 3 aromatic carbocycles. The van der Waals surface area contributed by atoms with Crippen LogP contribution in [0.2, 0.25) is 0 Å². The van der Waals surface area contributed by atoms with Gasteiger partial charge in [0.15, 0.2) is 0 Å². The number of hydrogen-bond donors (Lipinski definition) is 0. The first-order valence-corrected chi connectivity index (χ1v) is 9.02. The molecule has 0 saturated carbocycles. The largest absolute Gasteiger partial charge is 0.462 e. The lowest BCUT2D eigenvalue weighted by Crippen LogP contribution is -2.33. The number of nitrogens with zero attached hydrogens (tertiary/aromatic N) is 1. The molecule has 0 unspecified atom stereocenters. The van der Waals surface area contributed by atoms with Crippen LogP contribution in [0.4, 0.5) is 0 Å². The molecule has 0 saturated heterocycles. The van der Waals surface area contributed by atoms with E-state index in [0.29, 0.717) is 12.2 Å². The zero-order valence-electron chi connectivity index (χ0n) is 15.2. The first-order valence-electron chi connectivity index (χ1n) is 9.02. The SMILES string of the molecule is CCOC(=O)c1ccc2c3cccc4c3c([n+](C)c2c1)-c1ccccc1O4. The number of carbonyl (C=O) groups is 1. The minimum atomic E-state index is -0.300. The Morgan fingerprint density at radius 2 is 1.81 bits per heavy atom. The van der Waals surface area contributed by atoms with Gasteiger partial charge in [-0.2, -0.15) is 4.57 Å². The number of benzene rings is 3. The van der Waals surface area contributed by atoms with E-state index in [1.54, 1.807) is 0 Å². The molecule has 0 N–H and O–H groups in total. The first-order chi connectivity index (χ1) is 13.2. The van der Waals surface area contributed by atoms with Gasteiger partial charge in [0.05, 0.1) is 28.5 Å². The summed E-state index contributed by atoms with van der Waals surface area (Å²) in [5, 5.41) is 3.28. The van der Waals surface area contributed by atoms with E-state index < -0.39 is 0 Å². The van der Waals surface area contributed by atoms with Crippen LogP contribution in [0.1, 0.15) is 17.3 Å². The number of rotatable bonds is 2. The highest BCUT2D eigenvalue weighted by atomic mass is 16.5. The quantitative estimate of drug-likeness (QED) is 0.260. The van der Waals surface area contributed by atoms with E-state index in [2.05, 4.69) is 16.7 Å². The van der Waals surface area contributed by atoms with E-state index in [9.17, 15) is 4.79 Å². The molecule has 4 nitrogen and oxygen atoms in total. The lowest BCUT2D eigenvalue weighted by Gasteiger charge is -2.20. The number of fused-ring (bicyclic) bond motifs is 4. The average Bonchev–Trinajstić information content (AvgIpc) is 2.70. The molecule has 0 amide bonds. The van der Waals surface area contributed by atoms with Gasteiger partial charge >= 0.3 is 5.97 Å². The van der Waals surface area contributed by atoms with E-state index >= 15 is 0 Å². The number of aromatic nitrogens is 1.